The zero-order chi connectivity index (χ0) is 14.2. The predicted octanol–water partition coefficient (Wildman–Crippen LogP) is 7.14. The van der Waals surface area contributed by atoms with Gasteiger partial charge in [-0.2, -0.15) is 0 Å². The number of rotatable bonds is 2. The van der Waals surface area contributed by atoms with Crippen LogP contribution >= 0.6 is 71.0 Å². The summed E-state index contributed by atoms with van der Waals surface area (Å²) in [6.07, 6.45) is 0. The summed E-state index contributed by atoms with van der Waals surface area (Å²) < 4.78 is 15.4. The molecular weight excluding hydrogens is 486 g/mol. The van der Waals surface area contributed by atoms with Gasteiger partial charge in [-0.15, -0.1) is 0 Å². The summed E-state index contributed by atoms with van der Waals surface area (Å²) in [6, 6.07) is 8.36. The number of hydrogen-bond acceptors (Lipinski definition) is 0. The molecule has 2 rings (SSSR count). The Labute approximate surface area is 145 Å². The highest BCUT2D eigenvalue weighted by atomic mass is 79.9. The second kappa shape index (κ2) is 6.44. The van der Waals surface area contributed by atoms with Crippen molar-refractivity contribution in [1.82, 2.24) is 0 Å². The summed E-state index contributed by atoms with van der Waals surface area (Å²) in [5.41, 5.74) is 1.21. The van der Waals surface area contributed by atoms with Gasteiger partial charge in [0.1, 0.15) is 5.82 Å². The van der Waals surface area contributed by atoms with Crippen LogP contribution in [0.25, 0.3) is 0 Å². The van der Waals surface area contributed by atoms with Crippen LogP contribution in [-0.4, -0.2) is 0 Å². The molecule has 100 valence electrons. The summed E-state index contributed by atoms with van der Waals surface area (Å²) in [4.78, 5) is -0.372. The van der Waals surface area contributed by atoms with Crippen molar-refractivity contribution in [1.29, 1.82) is 0 Å². The van der Waals surface area contributed by atoms with E-state index in [4.69, 9.17) is 23.2 Å². The largest absolute Gasteiger partial charge is 0.207 e. The molecule has 0 aromatic heterocycles. The lowest BCUT2D eigenvalue weighted by Crippen LogP contribution is -1.98. The van der Waals surface area contributed by atoms with Crippen molar-refractivity contribution in [3.8, 4) is 0 Å². The molecule has 0 bridgehead atoms. The maximum Gasteiger partial charge on any atom is 0.129 e. The van der Waals surface area contributed by atoms with Gasteiger partial charge in [-0.3, -0.25) is 0 Å². The molecule has 0 fully saturated rings. The molecule has 0 saturated heterocycles. The van der Waals surface area contributed by atoms with Crippen LogP contribution < -0.4 is 0 Å². The molecule has 2 aromatic rings. The van der Waals surface area contributed by atoms with Crippen LogP contribution in [0.3, 0.4) is 0 Å². The normalized spacial score (nSPS) is 12.5. The van der Waals surface area contributed by atoms with Gasteiger partial charge < -0.3 is 0 Å². The van der Waals surface area contributed by atoms with Crippen LogP contribution in [-0.2, 0) is 0 Å². The fourth-order valence-corrected chi connectivity index (χ4v) is 3.56. The van der Waals surface area contributed by atoms with Gasteiger partial charge in [0.25, 0.3) is 0 Å². The SMILES string of the molecule is Fc1cc(Br)c(Cl)cc1C(Br)c1cc(Br)ccc1Cl. The summed E-state index contributed by atoms with van der Waals surface area (Å²) in [5, 5.41) is 1.01. The Morgan fingerprint density at radius 3 is 2.32 bits per heavy atom. The average molecular weight is 492 g/mol. The van der Waals surface area contributed by atoms with Crippen molar-refractivity contribution < 1.29 is 4.39 Å². The fraction of sp³-hybridized carbons (Fsp3) is 0.0769. The van der Waals surface area contributed by atoms with Gasteiger partial charge in [-0.25, -0.2) is 4.39 Å². The van der Waals surface area contributed by atoms with E-state index in [1.165, 1.54) is 6.07 Å². The first-order valence-electron chi connectivity index (χ1n) is 5.13. The van der Waals surface area contributed by atoms with E-state index in [1.54, 1.807) is 12.1 Å². The lowest BCUT2D eigenvalue weighted by Gasteiger charge is -2.15. The van der Waals surface area contributed by atoms with Crippen molar-refractivity contribution in [2.45, 2.75) is 4.83 Å². The minimum absolute atomic E-state index is 0.353. The molecule has 19 heavy (non-hydrogen) atoms. The van der Waals surface area contributed by atoms with Crippen LogP contribution in [0, 0.1) is 5.82 Å². The zero-order valence-electron chi connectivity index (χ0n) is 9.23. The Morgan fingerprint density at radius 2 is 1.63 bits per heavy atom. The van der Waals surface area contributed by atoms with Crippen molar-refractivity contribution in [3.05, 3.63) is 66.3 Å². The van der Waals surface area contributed by atoms with E-state index in [1.807, 2.05) is 12.1 Å². The summed E-state index contributed by atoms with van der Waals surface area (Å²) in [5.74, 6) is -0.353. The van der Waals surface area contributed by atoms with Crippen molar-refractivity contribution in [2.75, 3.05) is 0 Å². The van der Waals surface area contributed by atoms with Crippen LogP contribution in [0.1, 0.15) is 16.0 Å². The van der Waals surface area contributed by atoms with Crippen molar-refractivity contribution in [3.63, 3.8) is 0 Å². The topological polar surface area (TPSA) is 0 Å². The molecule has 0 spiro atoms. The molecule has 0 saturated carbocycles. The van der Waals surface area contributed by atoms with Gasteiger partial charge in [0.05, 0.1) is 9.85 Å². The molecule has 0 nitrogen and oxygen atoms in total. The lowest BCUT2D eigenvalue weighted by atomic mass is 10.0. The molecule has 0 aliphatic carbocycles. The second-order valence-corrected chi connectivity index (χ2v) is 7.32. The summed E-state index contributed by atoms with van der Waals surface area (Å²) in [6.45, 7) is 0. The highest BCUT2D eigenvalue weighted by Gasteiger charge is 2.19. The van der Waals surface area contributed by atoms with Gasteiger partial charge in [0, 0.05) is 19.5 Å². The molecule has 1 atom stereocenters. The first-order chi connectivity index (χ1) is 8.90. The number of benzene rings is 2. The molecule has 2 aromatic carbocycles. The highest BCUT2D eigenvalue weighted by Crippen LogP contribution is 2.40. The molecule has 0 radical (unpaired) electrons. The summed E-state index contributed by atoms with van der Waals surface area (Å²) >= 11 is 22.2. The maximum absolute atomic E-state index is 14.0. The van der Waals surface area contributed by atoms with Gasteiger partial charge in [-0.1, -0.05) is 55.1 Å². The fourth-order valence-electron chi connectivity index (χ4n) is 1.61. The highest BCUT2D eigenvalue weighted by molar-refractivity contribution is 9.11. The molecule has 1 unspecified atom stereocenters. The monoisotopic (exact) mass is 488 g/mol. The van der Waals surface area contributed by atoms with Gasteiger partial charge in [-0.05, 0) is 51.8 Å². The third kappa shape index (κ3) is 3.53. The zero-order valence-corrected chi connectivity index (χ0v) is 15.5. The van der Waals surface area contributed by atoms with Crippen LogP contribution in [0.15, 0.2) is 39.3 Å². The Morgan fingerprint density at radius 1 is 0.947 bits per heavy atom. The van der Waals surface area contributed by atoms with Crippen LogP contribution in [0.4, 0.5) is 4.39 Å². The predicted molar refractivity (Wildman–Crippen MR) is 89.0 cm³/mol. The number of halogens is 6. The van der Waals surface area contributed by atoms with E-state index < -0.39 is 0 Å². The quantitative estimate of drug-likeness (QED) is 0.309. The number of alkyl halides is 1. The Hall–Kier alpha value is 0.390. The lowest BCUT2D eigenvalue weighted by molar-refractivity contribution is 0.612. The first kappa shape index (κ1) is 15.8. The number of hydrogen-bond donors (Lipinski definition) is 0. The van der Waals surface area contributed by atoms with E-state index in [9.17, 15) is 4.39 Å². The smallest absolute Gasteiger partial charge is 0.129 e. The van der Waals surface area contributed by atoms with E-state index in [0.29, 0.717) is 20.1 Å². The molecule has 0 N–H and O–H groups in total. The Kier molecular flexibility index (Phi) is 5.34. The minimum Gasteiger partial charge on any atom is -0.207 e. The third-order valence-corrected chi connectivity index (χ3v) is 5.56. The Bertz CT molecular complexity index is 632. The van der Waals surface area contributed by atoms with Crippen molar-refractivity contribution >= 4 is 71.0 Å². The van der Waals surface area contributed by atoms with Gasteiger partial charge >= 0.3 is 0 Å². The first-order valence-corrected chi connectivity index (χ1v) is 8.39. The molecule has 0 aliphatic heterocycles. The van der Waals surface area contributed by atoms with Crippen molar-refractivity contribution in [2.24, 2.45) is 0 Å². The van der Waals surface area contributed by atoms with Crippen LogP contribution in [0.2, 0.25) is 10.0 Å². The second-order valence-electron chi connectivity index (χ2n) is 3.82. The minimum atomic E-state index is -0.372. The summed E-state index contributed by atoms with van der Waals surface area (Å²) in [7, 11) is 0. The van der Waals surface area contributed by atoms with Crippen LogP contribution in [0.5, 0.6) is 0 Å². The average Bonchev–Trinajstić information content (AvgIpc) is 2.36. The maximum atomic E-state index is 14.0. The van der Waals surface area contributed by atoms with E-state index in [0.717, 1.165) is 10.0 Å². The van der Waals surface area contributed by atoms with Gasteiger partial charge in [0.2, 0.25) is 0 Å². The molecular formula is C13H6Br3Cl2F. The molecule has 0 heterocycles. The molecule has 0 aliphatic rings. The molecule has 6 heteroatoms. The van der Waals surface area contributed by atoms with E-state index in [2.05, 4.69) is 47.8 Å². The van der Waals surface area contributed by atoms with Gasteiger partial charge in [0.15, 0.2) is 0 Å². The Balaban J connectivity index is 2.52. The van der Waals surface area contributed by atoms with E-state index in [-0.39, 0.29) is 10.6 Å². The van der Waals surface area contributed by atoms with E-state index >= 15 is 0 Å². The third-order valence-electron chi connectivity index (χ3n) is 2.54. The molecule has 0 amide bonds. The standard InChI is InChI=1S/C13H6Br3Cl2F/c14-6-1-2-10(17)7(3-6)13(16)8-4-11(18)9(15)5-12(8)19/h1-5,13H.